The molecule has 0 saturated carbocycles. The molecule has 0 aliphatic rings. The number of nitrogens with one attached hydrogen (secondary N) is 1. The predicted molar refractivity (Wildman–Crippen MR) is 78.9 cm³/mol. The molecule has 0 bridgehead atoms. The average Bonchev–Trinajstić information content (AvgIpc) is 2.25. The molecule has 0 saturated heterocycles. The second kappa shape index (κ2) is 6.39. The summed E-state index contributed by atoms with van der Waals surface area (Å²) < 4.78 is 41.6. The second-order valence-electron chi connectivity index (χ2n) is 5.08. The maximum Gasteiger partial charge on any atom is 0.254 e. The van der Waals surface area contributed by atoms with Crippen molar-refractivity contribution >= 4 is 31.9 Å². The smallest absolute Gasteiger partial charge is 0.254 e. The Morgan fingerprint density at radius 3 is 2.52 bits per heavy atom. The number of primary sulfonamides is 1. The van der Waals surface area contributed by atoms with Crippen LogP contribution in [0.2, 0.25) is 0 Å². The maximum absolute atomic E-state index is 13.9. The molecule has 3 N–H and O–H groups in total. The number of nitrogens with two attached hydrogens (primary N) is 1. The van der Waals surface area contributed by atoms with Gasteiger partial charge < -0.3 is 10.1 Å². The number of benzene rings is 1. The Labute approximate surface area is 131 Å². The van der Waals surface area contributed by atoms with Crippen LogP contribution >= 0.6 is 15.9 Å². The minimum atomic E-state index is -4.08. The van der Waals surface area contributed by atoms with Crippen molar-refractivity contribution in [2.24, 2.45) is 5.14 Å². The molecule has 118 valence electrons. The molecule has 6 nitrogen and oxygen atoms in total. The fourth-order valence-electron chi connectivity index (χ4n) is 1.69. The molecule has 0 fully saturated rings. The lowest BCUT2D eigenvalue weighted by atomic mass is 10.1. The van der Waals surface area contributed by atoms with Crippen LogP contribution in [0.4, 0.5) is 4.39 Å². The first-order valence-corrected chi connectivity index (χ1v) is 8.15. The van der Waals surface area contributed by atoms with Gasteiger partial charge in [-0.2, -0.15) is 0 Å². The molecule has 0 spiro atoms. The van der Waals surface area contributed by atoms with Crippen LogP contribution < -0.4 is 10.5 Å². The van der Waals surface area contributed by atoms with E-state index in [1.54, 1.807) is 13.8 Å². The molecule has 1 amide bonds. The second-order valence-corrected chi connectivity index (χ2v) is 7.46. The molecular formula is C12H16BrFN2O4S. The summed E-state index contributed by atoms with van der Waals surface area (Å²) in [6.07, 6.45) is 0. The molecule has 0 aromatic heterocycles. The van der Waals surface area contributed by atoms with E-state index in [4.69, 9.17) is 9.88 Å². The number of carbonyl (C=O) groups excluding carboxylic acids is 1. The largest absolute Gasteiger partial charge is 0.382 e. The lowest BCUT2D eigenvalue weighted by Crippen LogP contribution is -2.47. The molecule has 0 atom stereocenters. The summed E-state index contributed by atoms with van der Waals surface area (Å²) in [5.41, 5.74) is -1.15. The van der Waals surface area contributed by atoms with Gasteiger partial charge in [0.15, 0.2) is 0 Å². The van der Waals surface area contributed by atoms with Crippen LogP contribution in [0.25, 0.3) is 0 Å². The summed E-state index contributed by atoms with van der Waals surface area (Å²) in [7, 11) is -2.61. The van der Waals surface area contributed by atoms with E-state index < -0.39 is 32.9 Å². The van der Waals surface area contributed by atoms with Crippen LogP contribution in [0, 0.1) is 5.82 Å². The van der Waals surface area contributed by atoms with E-state index in [-0.39, 0.29) is 16.0 Å². The molecule has 9 heteroatoms. The van der Waals surface area contributed by atoms with Crippen molar-refractivity contribution in [1.29, 1.82) is 0 Å². The Bertz CT molecular complexity index is 661. The minimum Gasteiger partial charge on any atom is -0.382 e. The highest BCUT2D eigenvalue weighted by atomic mass is 79.9. The molecule has 0 radical (unpaired) electrons. The number of sulfonamides is 1. The number of amides is 1. The Hall–Kier alpha value is -1.03. The van der Waals surface area contributed by atoms with Gasteiger partial charge in [0.2, 0.25) is 10.0 Å². The van der Waals surface area contributed by atoms with Gasteiger partial charge in [0.25, 0.3) is 5.91 Å². The number of carbonyl (C=O) groups is 1. The summed E-state index contributed by atoms with van der Waals surface area (Å²) in [6, 6.07) is 1.78. The summed E-state index contributed by atoms with van der Waals surface area (Å²) >= 11 is 2.90. The highest BCUT2D eigenvalue weighted by Gasteiger charge is 2.25. The minimum absolute atomic E-state index is 0.0461. The van der Waals surface area contributed by atoms with E-state index >= 15 is 0 Å². The third kappa shape index (κ3) is 4.73. The number of methoxy groups -OCH3 is 1. The van der Waals surface area contributed by atoms with Gasteiger partial charge in [-0.1, -0.05) is 0 Å². The topological polar surface area (TPSA) is 98.5 Å². The SMILES string of the molecule is COCC(C)(C)NC(=O)c1cc(S(N)(=O)=O)c(Br)cc1F. The van der Waals surface area contributed by atoms with Gasteiger partial charge >= 0.3 is 0 Å². The molecule has 0 unspecified atom stereocenters. The van der Waals surface area contributed by atoms with Crippen molar-refractivity contribution in [3.63, 3.8) is 0 Å². The molecule has 21 heavy (non-hydrogen) atoms. The molecule has 1 aromatic rings. The monoisotopic (exact) mass is 382 g/mol. The number of ether oxygens (including phenoxy) is 1. The first-order valence-electron chi connectivity index (χ1n) is 5.81. The van der Waals surface area contributed by atoms with Crippen LogP contribution in [-0.4, -0.2) is 33.6 Å². The van der Waals surface area contributed by atoms with Crippen LogP contribution in [0.3, 0.4) is 0 Å². The first kappa shape index (κ1) is 18.0. The zero-order valence-corrected chi connectivity index (χ0v) is 14.1. The molecule has 0 heterocycles. The van der Waals surface area contributed by atoms with E-state index in [0.29, 0.717) is 0 Å². The lowest BCUT2D eigenvalue weighted by molar-refractivity contribution is 0.0816. The zero-order chi connectivity index (χ0) is 16.4. The number of halogens is 2. The van der Waals surface area contributed by atoms with Crippen LogP contribution in [0.5, 0.6) is 0 Å². The van der Waals surface area contributed by atoms with Crippen molar-refractivity contribution in [2.75, 3.05) is 13.7 Å². The Kier molecular flexibility index (Phi) is 5.48. The molecule has 1 rings (SSSR count). The summed E-state index contributed by atoms with van der Waals surface area (Å²) in [5.74, 6) is -1.62. The molecular weight excluding hydrogens is 367 g/mol. The van der Waals surface area contributed by atoms with E-state index in [1.165, 1.54) is 7.11 Å². The fraction of sp³-hybridized carbons (Fsp3) is 0.417. The quantitative estimate of drug-likeness (QED) is 0.803. The Balaban J connectivity index is 3.22. The van der Waals surface area contributed by atoms with E-state index in [1.807, 2.05) is 0 Å². The average molecular weight is 383 g/mol. The van der Waals surface area contributed by atoms with Gasteiger partial charge in [-0.15, -0.1) is 0 Å². The summed E-state index contributed by atoms with van der Waals surface area (Å²) in [5, 5.41) is 7.58. The van der Waals surface area contributed by atoms with Crippen molar-refractivity contribution in [1.82, 2.24) is 5.32 Å². The van der Waals surface area contributed by atoms with Crippen LogP contribution in [0.1, 0.15) is 24.2 Å². The van der Waals surface area contributed by atoms with E-state index in [9.17, 15) is 17.6 Å². The van der Waals surface area contributed by atoms with Crippen molar-refractivity contribution in [3.8, 4) is 0 Å². The Morgan fingerprint density at radius 1 is 1.48 bits per heavy atom. The number of rotatable bonds is 5. The van der Waals surface area contributed by atoms with E-state index in [2.05, 4.69) is 21.2 Å². The van der Waals surface area contributed by atoms with Gasteiger partial charge in [-0.05, 0) is 41.9 Å². The standard InChI is InChI=1S/C12H16BrFN2O4S/c1-12(2,6-20-3)16-11(17)7-4-10(21(15,18)19)8(13)5-9(7)14/h4-5H,6H2,1-3H3,(H,16,17)(H2,15,18,19). The summed E-state index contributed by atoms with van der Waals surface area (Å²) in [4.78, 5) is 11.7. The van der Waals surface area contributed by atoms with Gasteiger partial charge in [-0.3, -0.25) is 4.79 Å². The van der Waals surface area contributed by atoms with Crippen molar-refractivity contribution < 1.29 is 22.3 Å². The van der Waals surface area contributed by atoms with Gasteiger partial charge in [0.05, 0.1) is 22.6 Å². The maximum atomic E-state index is 13.9. The van der Waals surface area contributed by atoms with Gasteiger partial charge in [0, 0.05) is 11.6 Å². The lowest BCUT2D eigenvalue weighted by Gasteiger charge is -2.25. The van der Waals surface area contributed by atoms with E-state index in [0.717, 1.165) is 12.1 Å². The normalized spacial score (nSPS) is 12.3. The predicted octanol–water partition coefficient (Wildman–Crippen LogP) is 1.39. The third-order valence-corrected chi connectivity index (χ3v) is 4.40. The van der Waals surface area contributed by atoms with Crippen LogP contribution in [-0.2, 0) is 14.8 Å². The number of hydrogen-bond donors (Lipinski definition) is 2. The van der Waals surface area contributed by atoms with Crippen molar-refractivity contribution in [2.45, 2.75) is 24.3 Å². The number of hydrogen-bond acceptors (Lipinski definition) is 4. The third-order valence-electron chi connectivity index (χ3n) is 2.53. The zero-order valence-electron chi connectivity index (χ0n) is 11.7. The highest BCUT2D eigenvalue weighted by Crippen LogP contribution is 2.25. The fourth-order valence-corrected chi connectivity index (χ4v) is 3.30. The molecule has 0 aliphatic heterocycles. The Morgan fingerprint density at radius 2 is 2.05 bits per heavy atom. The van der Waals surface area contributed by atoms with Gasteiger partial charge in [-0.25, -0.2) is 17.9 Å². The van der Waals surface area contributed by atoms with Crippen molar-refractivity contribution in [3.05, 3.63) is 28.0 Å². The molecule has 0 aliphatic carbocycles. The first-order chi connectivity index (χ1) is 9.48. The van der Waals surface area contributed by atoms with Crippen LogP contribution in [0.15, 0.2) is 21.5 Å². The molecule has 1 aromatic carbocycles. The summed E-state index contributed by atoms with van der Waals surface area (Å²) in [6.45, 7) is 3.58. The van der Waals surface area contributed by atoms with Gasteiger partial charge in [0.1, 0.15) is 5.82 Å². The highest BCUT2D eigenvalue weighted by molar-refractivity contribution is 9.10.